The van der Waals surface area contributed by atoms with Crippen molar-refractivity contribution in [3.05, 3.63) is 0 Å². The molecule has 0 fully saturated rings. The molecule has 0 spiro atoms. The van der Waals surface area contributed by atoms with Crippen molar-refractivity contribution in [3.63, 3.8) is 0 Å². The summed E-state index contributed by atoms with van der Waals surface area (Å²) >= 11 is 0. The van der Waals surface area contributed by atoms with E-state index >= 15 is 0 Å². The molecule has 116 valence electrons. The van der Waals surface area contributed by atoms with Crippen molar-refractivity contribution < 1.29 is 12.4 Å². The molecule has 1 unspecified atom stereocenters. The Balaban J connectivity index is 3.11. The Hall–Kier alpha value is 0.340. The Morgan fingerprint density at radius 1 is 0.737 bits per heavy atom. The fraction of sp³-hybridized carbons (Fsp3) is 1.00. The highest BCUT2D eigenvalue weighted by Gasteiger charge is 2.06. The van der Waals surface area contributed by atoms with Crippen LogP contribution in [0.1, 0.15) is 84.0 Å². The fourth-order valence-corrected chi connectivity index (χ4v) is 3.11. The van der Waals surface area contributed by atoms with E-state index in [4.69, 9.17) is 0 Å². The van der Waals surface area contributed by atoms with Crippen LogP contribution in [0.25, 0.3) is 0 Å². The van der Waals surface area contributed by atoms with Gasteiger partial charge in [0.2, 0.25) is 0 Å². The first-order chi connectivity index (χ1) is 9.12. The normalized spacial score (nSPS) is 11.9. The zero-order valence-electron chi connectivity index (χ0n) is 12.4. The second-order valence-electron chi connectivity index (χ2n) is 5.25. The zero-order valence-corrected chi connectivity index (χ0v) is 14.4. The van der Waals surface area contributed by atoms with Crippen LogP contribution in [0.2, 0.25) is 0 Å². The highest BCUT2D eigenvalue weighted by molar-refractivity contribution is 7.88. The molecule has 0 aromatic heterocycles. The minimum atomic E-state index is -3.27. The summed E-state index contributed by atoms with van der Waals surface area (Å²) in [5.41, 5.74) is 0. The van der Waals surface area contributed by atoms with Gasteiger partial charge in [0.15, 0.2) is 0 Å². The van der Waals surface area contributed by atoms with Crippen LogP contribution in [0.15, 0.2) is 0 Å². The van der Waals surface area contributed by atoms with Gasteiger partial charge in [-0.3, -0.25) is 3.97 Å². The lowest BCUT2D eigenvalue weighted by Gasteiger charge is -2.03. The van der Waals surface area contributed by atoms with Gasteiger partial charge in [-0.2, -0.15) is 8.42 Å². The van der Waals surface area contributed by atoms with Crippen molar-refractivity contribution in [2.75, 3.05) is 5.75 Å². The van der Waals surface area contributed by atoms with Crippen LogP contribution in [-0.4, -0.2) is 14.2 Å². The molecule has 0 heterocycles. The Morgan fingerprint density at radius 3 is 1.47 bits per heavy atom. The van der Waals surface area contributed by atoms with E-state index in [0.29, 0.717) is 6.42 Å². The summed E-state index contributed by atoms with van der Waals surface area (Å²) in [6.07, 6.45) is 14.9. The topological polar surface area (TPSA) is 43.4 Å². The third-order valence-corrected chi connectivity index (χ3v) is 5.36. The smallest absolute Gasteiger partial charge is 0.254 e. The molecule has 0 rings (SSSR count). The standard InChI is InChI=1S/C14H31O3PS/c1-2-3-4-5-6-7-8-9-10-11-12-13-14-19(15,16)17-18/h2-14,18H2,1H3. The van der Waals surface area contributed by atoms with Gasteiger partial charge in [-0.1, -0.05) is 77.6 Å². The molecule has 0 saturated heterocycles. The molecular weight excluding hydrogens is 279 g/mol. The summed E-state index contributed by atoms with van der Waals surface area (Å²) < 4.78 is 26.4. The van der Waals surface area contributed by atoms with E-state index in [1.165, 1.54) is 57.8 Å². The maximum atomic E-state index is 11.0. The van der Waals surface area contributed by atoms with Gasteiger partial charge in [0, 0.05) is 9.47 Å². The molecule has 0 aliphatic carbocycles. The summed E-state index contributed by atoms with van der Waals surface area (Å²) in [5, 5.41) is 0. The first-order valence-corrected chi connectivity index (χ1v) is 9.78. The number of hydrogen-bond donors (Lipinski definition) is 0. The lowest BCUT2D eigenvalue weighted by atomic mass is 10.1. The molecule has 0 amide bonds. The molecule has 1 atom stereocenters. The molecule has 0 radical (unpaired) electrons. The van der Waals surface area contributed by atoms with Crippen molar-refractivity contribution >= 4 is 19.6 Å². The molecule has 0 aliphatic rings. The highest BCUT2D eigenvalue weighted by Crippen LogP contribution is 2.12. The van der Waals surface area contributed by atoms with Gasteiger partial charge in [-0.15, -0.1) is 0 Å². The second-order valence-corrected chi connectivity index (χ2v) is 7.54. The van der Waals surface area contributed by atoms with Gasteiger partial charge >= 0.3 is 0 Å². The van der Waals surface area contributed by atoms with Crippen molar-refractivity contribution in [2.24, 2.45) is 0 Å². The number of hydrogen-bond acceptors (Lipinski definition) is 3. The predicted octanol–water partition coefficient (Wildman–Crippen LogP) is 4.82. The summed E-state index contributed by atoms with van der Waals surface area (Å²) in [7, 11) is -1.47. The van der Waals surface area contributed by atoms with Gasteiger partial charge < -0.3 is 0 Å². The maximum Gasteiger partial charge on any atom is 0.269 e. The molecule has 0 saturated carbocycles. The van der Waals surface area contributed by atoms with Crippen LogP contribution in [-0.2, 0) is 14.1 Å². The van der Waals surface area contributed by atoms with Crippen LogP contribution in [0.4, 0.5) is 0 Å². The molecule has 5 heteroatoms. The summed E-state index contributed by atoms with van der Waals surface area (Å²) in [5.74, 6) is 0.147. The van der Waals surface area contributed by atoms with E-state index in [1.54, 1.807) is 9.47 Å². The third kappa shape index (κ3) is 14.6. The van der Waals surface area contributed by atoms with E-state index in [9.17, 15) is 8.42 Å². The van der Waals surface area contributed by atoms with Gasteiger partial charge in [-0.05, 0) is 6.42 Å². The van der Waals surface area contributed by atoms with E-state index in [1.807, 2.05) is 0 Å². The largest absolute Gasteiger partial charge is 0.269 e. The van der Waals surface area contributed by atoms with E-state index < -0.39 is 10.1 Å². The van der Waals surface area contributed by atoms with E-state index in [0.717, 1.165) is 12.8 Å². The summed E-state index contributed by atoms with van der Waals surface area (Å²) in [4.78, 5) is 0. The first kappa shape index (κ1) is 19.3. The molecule has 0 aromatic carbocycles. The number of unbranched alkanes of at least 4 members (excludes halogenated alkanes) is 11. The molecule has 0 aliphatic heterocycles. The molecule has 0 bridgehead atoms. The van der Waals surface area contributed by atoms with E-state index in [-0.39, 0.29) is 5.75 Å². The van der Waals surface area contributed by atoms with Crippen LogP contribution in [0.3, 0.4) is 0 Å². The van der Waals surface area contributed by atoms with Gasteiger partial charge in [0.25, 0.3) is 10.1 Å². The monoisotopic (exact) mass is 310 g/mol. The van der Waals surface area contributed by atoms with Crippen LogP contribution < -0.4 is 0 Å². The van der Waals surface area contributed by atoms with Crippen molar-refractivity contribution in [2.45, 2.75) is 84.0 Å². The molecule has 0 aromatic rings. The number of rotatable bonds is 14. The van der Waals surface area contributed by atoms with Crippen LogP contribution in [0.5, 0.6) is 0 Å². The van der Waals surface area contributed by atoms with E-state index in [2.05, 4.69) is 10.9 Å². The second kappa shape index (κ2) is 13.3. The van der Waals surface area contributed by atoms with Gasteiger partial charge in [0.05, 0.1) is 5.75 Å². The molecule has 3 nitrogen and oxygen atoms in total. The molecule has 0 N–H and O–H groups in total. The minimum Gasteiger partial charge on any atom is -0.254 e. The van der Waals surface area contributed by atoms with Gasteiger partial charge in [-0.25, -0.2) is 0 Å². The van der Waals surface area contributed by atoms with Crippen molar-refractivity contribution in [1.29, 1.82) is 0 Å². The Bertz CT molecular complexity index is 278. The average Bonchev–Trinajstić information content (AvgIpc) is 2.40. The summed E-state index contributed by atoms with van der Waals surface area (Å²) in [6, 6.07) is 0. The van der Waals surface area contributed by atoms with Crippen molar-refractivity contribution in [1.82, 2.24) is 0 Å². The zero-order chi connectivity index (χ0) is 14.4. The fourth-order valence-electron chi connectivity index (χ4n) is 2.17. The van der Waals surface area contributed by atoms with Crippen molar-refractivity contribution in [3.8, 4) is 0 Å². The SMILES string of the molecule is CCCCCCCCCCCCCCS(=O)(=O)OP. The minimum absolute atomic E-state index is 0.147. The van der Waals surface area contributed by atoms with Gasteiger partial charge in [0.1, 0.15) is 0 Å². The molecular formula is C14H31O3PS. The average molecular weight is 310 g/mol. The Kier molecular flexibility index (Phi) is 13.6. The maximum absolute atomic E-state index is 11.0. The Morgan fingerprint density at radius 2 is 1.11 bits per heavy atom. The predicted molar refractivity (Wildman–Crippen MR) is 85.7 cm³/mol. The third-order valence-electron chi connectivity index (χ3n) is 3.39. The van der Waals surface area contributed by atoms with Crippen LogP contribution >= 0.6 is 9.47 Å². The van der Waals surface area contributed by atoms with Crippen LogP contribution in [0, 0.1) is 0 Å². The lowest BCUT2D eigenvalue weighted by molar-refractivity contribution is 0.510. The highest BCUT2D eigenvalue weighted by atomic mass is 32.2. The quantitative estimate of drug-likeness (QED) is 0.341. The first-order valence-electron chi connectivity index (χ1n) is 7.73. The molecule has 19 heavy (non-hydrogen) atoms. The lowest BCUT2D eigenvalue weighted by Crippen LogP contribution is -2.04. The summed E-state index contributed by atoms with van der Waals surface area (Å²) in [6.45, 7) is 2.25. The Labute approximate surface area is 122 Å².